The van der Waals surface area contributed by atoms with Crippen LogP contribution in [0.25, 0.3) is 0 Å². The molecule has 1 heterocycles. The summed E-state index contributed by atoms with van der Waals surface area (Å²) in [6, 6.07) is 6.55. The summed E-state index contributed by atoms with van der Waals surface area (Å²) < 4.78 is 0. The molecule has 0 spiro atoms. The molecule has 76 valence electrons. The molecule has 0 unspecified atom stereocenters. The molecule has 3 heteroatoms. The summed E-state index contributed by atoms with van der Waals surface area (Å²) in [5.41, 5.74) is 8.33. The van der Waals surface area contributed by atoms with Crippen molar-refractivity contribution in [3.05, 3.63) is 34.3 Å². The van der Waals surface area contributed by atoms with Crippen LogP contribution >= 0.6 is 11.6 Å². The summed E-state index contributed by atoms with van der Waals surface area (Å²) in [5.74, 6) is 0. The van der Waals surface area contributed by atoms with E-state index in [0.717, 1.165) is 18.0 Å². The average molecular weight is 211 g/mol. The van der Waals surface area contributed by atoms with E-state index >= 15 is 0 Å². The van der Waals surface area contributed by atoms with Crippen LogP contribution < -0.4 is 5.73 Å². The lowest BCUT2D eigenvalue weighted by Crippen LogP contribution is -2.42. The van der Waals surface area contributed by atoms with E-state index in [1.54, 1.807) is 0 Å². The Morgan fingerprint density at radius 2 is 2.36 bits per heavy atom. The Labute approximate surface area is 89.7 Å². The minimum Gasteiger partial charge on any atom is -0.329 e. The Kier molecular flexibility index (Phi) is 2.77. The summed E-state index contributed by atoms with van der Waals surface area (Å²) in [6.45, 7) is 1.65. The number of hydrogen-bond donors (Lipinski definition) is 1. The van der Waals surface area contributed by atoms with Crippen molar-refractivity contribution in [2.75, 3.05) is 13.6 Å². The van der Waals surface area contributed by atoms with Crippen LogP contribution in [0, 0.1) is 0 Å². The average Bonchev–Trinajstić information content (AvgIpc) is 2.17. The highest BCUT2D eigenvalue weighted by Crippen LogP contribution is 2.27. The molecule has 1 atom stereocenters. The number of halogens is 1. The molecular formula is C11H15ClN2. The summed E-state index contributed by atoms with van der Waals surface area (Å²) in [7, 11) is 2.11. The zero-order valence-electron chi connectivity index (χ0n) is 8.33. The monoisotopic (exact) mass is 210 g/mol. The number of benzene rings is 1. The molecule has 0 saturated heterocycles. The molecule has 0 radical (unpaired) electrons. The minimum atomic E-state index is 0.433. The molecule has 1 aromatic rings. The number of fused-ring (bicyclic) bond motifs is 1. The molecule has 1 aliphatic rings. The van der Waals surface area contributed by atoms with Crippen LogP contribution in [-0.2, 0) is 13.0 Å². The largest absolute Gasteiger partial charge is 0.329 e. The van der Waals surface area contributed by atoms with Crippen molar-refractivity contribution in [1.29, 1.82) is 0 Å². The quantitative estimate of drug-likeness (QED) is 0.764. The fourth-order valence-corrected chi connectivity index (χ4v) is 2.30. The van der Waals surface area contributed by atoms with Crippen LogP contribution in [0.3, 0.4) is 0 Å². The lowest BCUT2D eigenvalue weighted by molar-refractivity contribution is 0.221. The van der Waals surface area contributed by atoms with Crippen molar-refractivity contribution in [1.82, 2.24) is 4.90 Å². The van der Waals surface area contributed by atoms with Crippen LogP contribution in [0.5, 0.6) is 0 Å². The first kappa shape index (κ1) is 9.97. The van der Waals surface area contributed by atoms with E-state index < -0.39 is 0 Å². The zero-order valence-corrected chi connectivity index (χ0v) is 9.09. The van der Waals surface area contributed by atoms with Crippen LogP contribution in [0.2, 0.25) is 5.02 Å². The van der Waals surface area contributed by atoms with Crippen molar-refractivity contribution in [2.24, 2.45) is 5.73 Å². The third kappa shape index (κ3) is 1.65. The maximum Gasteiger partial charge on any atom is 0.0441 e. The first-order valence-electron chi connectivity index (χ1n) is 4.89. The van der Waals surface area contributed by atoms with Gasteiger partial charge in [0.1, 0.15) is 0 Å². The normalized spacial score (nSPS) is 22.1. The summed E-state index contributed by atoms with van der Waals surface area (Å²) in [6.07, 6.45) is 0.974. The first-order chi connectivity index (χ1) is 6.72. The van der Waals surface area contributed by atoms with Crippen molar-refractivity contribution in [3.63, 3.8) is 0 Å². The fraction of sp³-hybridized carbons (Fsp3) is 0.455. The second-order valence-corrected chi connectivity index (χ2v) is 4.29. The van der Waals surface area contributed by atoms with Gasteiger partial charge in [0.25, 0.3) is 0 Å². The van der Waals surface area contributed by atoms with Gasteiger partial charge in [-0.1, -0.05) is 23.7 Å². The summed E-state index contributed by atoms with van der Waals surface area (Å²) in [4.78, 5) is 2.29. The predicted octanol–water partition coefficient (Wildman–Crippen LogP) is 1.66. The van der Waals surface area contributed by atoms with E-state index in [-0.39, 0.29) is 0 Å². The minimum absolute atomic E-state index is 0.433. The molecule has 0 aromatic heterocycles. The van der Waals surface area contributed by atoms with Gasteiger partial charge in [-0.3, -0.25) is 4.90 Å². The predicted molar refractivity (Wildman–Crippen MR) is 59.5 cm³/mol. The SMILES string of the molecule is CN1Cc2cccc(Cl)c2C[C@H]1CN. The van der Waals surface area contributed by atoms with E-state index in [1.807, 2.05) is 12.1 Å². The van der Waals surface area contributed by atoms with Gasteiger partial charge in [0.05, 0.1) is 0 Å². The zero-order chi connectivity index (χ0) is 10.1. The van der Waals surface area contributed by atoms with E-state index in [9.17, 15) is 0 Å². The molecule has 2 rings (SSSR count). The number of nitrogens with two attached hydrogens (primary N) is 1. The van der Waals surface area contributed by atoms with Gasteiger partial charge in [0.15, 0.2) is 0 Å². The van der Waals surface area contributed by atoms with E-state index in [2.05, 4.69) is 18.0 Å². The molecule has 1 aliphatic heterocycles. The molecule has 1 aromatic carbocycles. The highest BCUT2D eigenvalue weighted by atomic mass is 35.5. The maximum absolute atomic E-state index is 6.15. The molecular weight excluding hydrogens is 196 g/mol. The second-order valence-electron chi connectivity index (χ2n) is 3.89. The van der Waals surface area contributed by atoms with Crippen molar-refractivity contribution >= 4 is 11.6 Å². The maximum atomic E-state index is 6.15. The number of likely N-dealkylation sites (N-methyl/N-ethyl adjacent to an activating group) is 1. The molecule has 0 fully saturated rings. The highest BCUT2D eigenvalue weighted by molar-refractivity contribution is 6.31. The van der Waals surface area contributed by atoms with Gasteiger partial charge in [-0.2, -0.15) is 0 Å². The molecule has 2 N–H and O–H groups in total. The molecule has 0 bridgehead atoms. The van der Waals surface area contributed by atoms with Gasteiger partial charge in [-0.25, -0.2) is 0 Å². The molecule has 2 nitrogen and oxygen atoms in total. The van der Waals surface area contributed by atoms with Crippen LogP contribution in [0.1, 0.15) is 11.1 Å². The smallest absolute Gasteiger partial charge is 0.0441 e. The van der Waals surface area contributed by atoms with Crippen LogP contribution in [-0.4, -0.2) is 24.5 Å². The Balaban J connectivity index is 2.36. The number of nitrogens with zero attached hydrogens (tertiary/aromatic N) is 1. The van der Waals surface area contributed by atoms with Gasteiger partial charge in [-0.15, -0.1) is 0 Å². The topological polar surface area (TPSA) is 29.3 Å². The standard InChI is InChI=1S/C11H15ClN2/c1-14-7-8-3-2-4-11(12)10(8)5-9(14)6-13/h2-4,9H,5-7,13H2,1H3/t9-/m0/s1. The lowest BCUT2D eigenvalue weighted by Gasteiger charge is -2.33. The second kappa shape index (κ2) is 3.89. The first-order valence-corrected chi connectivity index (χ1v) is 5.26. The van der Waals surface area contributed by atoms with E-state index in [4.69, 9.17) is 17.3 Å². The Hall–Kier alpha value is -0.570. The molecule has 0 amide bonds. The summed E-state index contributed by atoms with van der Waals surface area (Å²) in [5, 5.41) is 0.883. The lowest BCUT2D eigenvalue weighted by atomic mass is 9.94. The Morgan fingerprint density at radius 1 is 1.57 bits per heavy atom. The number of hydrogen-bond acceptors (Lipinski definition) is 2. The molecule has 14 heavy (non-hydrogen) atoms. The van der Waals surface area contributed by atoms with Gasteiger partial charge >= 0.3 is 0 Å². The fourth-order valence-electron chi connectivity index (χ4n) is 2.03. The Bertz CT molecular complexity index is 338. The number of rotatable bonds is 1. The van der Waals surface area contributed by atoms with Gasteiger partial charge in [0, 0.05) is 24.2 Å². The summed E-state index contributed by atoms with van der Waals surface area (Å²) >= 11 is 6.15. The molecule has 0 aliphatic carbocycles. The van der Waals surface area contributed by atoms with E-state index in [0.29, 0.717) is 12.6 Å². The van der Waals surface area contributed by atoms with Gasteiger partial charge < -0.3 is 5.73 Å². The third-order valence-electron chi connectivity index (χ3n) is 2.97. The van der Waals surface area contributed by atoms with Gasteiger partial charge in [-0.05, 0) is 30.7 Å². The van der Waals surface area contributed by atoms with Crippen LogP contribution in [0.15, 0.2) is 18.2 Å². The van der Waals surface area contributed by atoms with E-state index in [1.165, 1.54) is 11.1 Å². The van der Waals surface area contributed by atoms with Crippen LogP contribution in [0.4, 0.5) is 0 Å². The highest BCUT2D eigenvalue weighted by Gasteiger charge is 2.23. The van der Waals surface area contributed by atoms with Crippen molar-refractivity contribution < 1.29 is 0 Å². The molecule has 0 saturated carbocycles. The third-order valence-corrected chi connectivity index (χ3v) is 3.32. The van der Waals surface area contributed by atoms with Gasteiger partial charge in [0.2, 0.25) is 0 Å². The van der Waals surface area contributed by atoms with Crippen molar-refractivity contribution in [2.45, 2.75) is 19.0 Å². The van der Waals surface area contributed by atoms with Crippen molar-refractivity contribution in [3.8, 4) is 0 Å². The Morgan fingerprint density at radius 3 is 3.07 bits per heavy atom.